The van der Waals surface area contributed by atoms with Gasteiger partial charge in [-0.3, -0.25) is 4.79 Å². The van der Waals surface area contributed by atoms with Gasteiger partial charge in [0.1, 0.15) is 5.71 Å². The van der Waals surface area contributed by atoms with Crippen LogP contribution in [0, 0.1) is 0 Å². The Morgan fingerprint density at radius 3 is 2.70 bits per heavy atom. The fourth-order valence-corrected chi connectivity index (χ4v) is 3.65. The molecule has 0 saturated carbocycles. The zero-order valence-corrected chi connectivity index (χ0v) is 12.8. The molecule has 108 valence electrons. The Morgan fingerprint density at radius 1 is 1.30 bits per heavy atom. The van der Waals surface area contributed by atoms with Crippen LogP contribution in [0.2, 0.25) is 4.34 Å². The highest BCUT2D eigenvalue weighted by Crippen LogP contribution is 2.27. The summed E-state index contributed by atoms with van der Waals surface area (Å²) in [6, 6.07) is 3.77. The molecule has 1 atom stereocenters. The summed E-state index contributed by atoms with van der Waals surface area (Å²) < 4.78 is 0.727. The number of hydrogen-bond acceptors (Lipinski definition) is 4. The molecule has 3 heterocycles. The van der Waals surface area contributed by atoms with Crippen molar-refractivity contribution in [3.63, 3.8) is 0 Å². The third-order valence-corrected chi connectivity index (χ3v) is 5.00. The van der Waals surface area contributed by atoms with Gasteiger partial charge in [-0.05, 0) is 25.0 Å². The monoisotopic (exact) mass is 312 g/mol. The summed E-state index contributed by atoms with van der Waals surface area (Å²) in [5.41, 5.74) is 0.829. The third-order valence-electron chi connectivity index (χ3n) is 3.72. The Balaban J connectivity index is 1.61. The number of hydrogen-bond donors (Lipinski definition) is 0. The lowest BCUT2D eigenvalue weighted by Gasteiger charge is -2.22. The van der Waals surface area contributed by atoms with Crippen molar-refractivity contribution in [3.8, 4) is 0 Å². The van der Waals surface area contributed by atoms with Crippen LogP contribution in [0.4, 0.5) is 0 Å². The molecule has 1 amide bonds. The predicted octanol–water partition coefficient (Wildman–Crippen LogP) is 3.30. The predicted molar refractivity (Wildman–Crippen MR) is 80.4 cm³/mol. The first-order valence-electron chi connectivity index (χ1n) is 7.01. The number of carbonyl (C=O) groups excluding carboxylic acids is 1. The van der Waals surface area contributed by atoms with Gasteiger partial charge in [0.15, 0.2) is 0 Å². The summed E-state index contributed by atoms with van der Waals surface area (Å²) in [6.07, 6.45) is 4.70. The SMILES string of the molecule is O=C([C@@H]1CC(c2ccc(Cl)s2)=NO1)N1CCCCCC1. The molecule has 0 N–H and O–H groups in total. The van der Waals surface area contributed by atoms with Gasteiger partial charge in [-0.15, -0.1) is 11.3 Å². The first-order valence-corrected chi connectivity index (χ1v) is 8.20. The summed E-state index contributed by atoms with van der Waals surface area (Å²) >= 11 is 7.39. The van der Waals surface area contributed by atoms with Crippen molar-refractivity contribution in [2.24, 2.45) is 5.16 Å². The number of oxime groups is 1. The average molecular weight is 313 g/mol. The number of halogens is 1. The Labute approximate surface area is 127 Å². The molecular weight excluding hydrogens is 296 g/mol. The zero-order valence-electron chi connectivity index (χ0n) is 11.2. The molecule has 0 aliphatic carbocycles. The number of nitrogens with zero attached hydrogens (tertiary/aromatic N) is 2. The van der Waals surface area contributed by atoms with E-state index >= 15 is 0 Å². The van der Waals surface area contributed by atoms with Gasteiger partial charge >= 0.3 is 0 Å². The van der Waals surface area contributed by atoms with Crippen molar-refractivity contribution in [1.29, 1.82) is 0 Å². The molecule has 1 aromatic rings. The van der Waals surface area contributed by atoms with Crippen molar-refractivity contribution in [2.45, 2.75) is 38.2 Å². The van der Waals surface area contributed by atoms with Crippen LogP contribution < -0.4 is 0 Å². The molecular formula is C14H17ClN2O2S. The number of rotatable bonds is 2. The van der Waals surface area contributed by atoms with Crippen molar-refractivity contribution in [3.05, 3.63) is 21.3 Å². The number of likely N-dealkylation sites (tertiary alicyclic amines) is 1. The number of carbonyl (C=O) groups is 1. The van der Waals surface area contributed by atoms with Gasteiger partial charge in [-0.2, -0.15) is 0 Å². The topological polar surface area (TPSA) is 41.9 Å². The van der Waals surface area contributed by atoms with Crippen molar-refractivity contribution in [1.82, 2.24) is 4.90 Å². The summed E-state index contributed by atoms with van der Waals surface area (Å²) in [5.74, 6) is 0.0771. The number of amides is 1. The highest BCUT2D eigenvalue weighted by Gasteiger charge is 2.32. The molecule has 0 unspecified atom stereocenters. The second kappa shape index (κ2) is 6.14. The van der Waals surface area contributed by atoms with E-state index in [9.17, 15) is 4.79 Å². The molecule has 3 rings (SSSR count). The molecule has 2 aliphatic heterocycles. The fourth-order valence-electron chi connectivity index (χ4n) is 2.62. The molecule has 1 fully saturated rings. The van der Waals surface area contributed by atoms with Gasteiger partial charge in [0.2, 0.25) is 6.10 Å². The van der Waals surface area contributed by atoms with E-state index in [-0.39, 0.29) is 5.91 Å². The third kappa shape index (κ3) is 2.99. The van der Waals surface area contributed by atoms with Gasteiger partial charge in [0.05, 0.1) is 9.21 Å². The summed E-state index contributed by atoms with van der Waals surface area (Å²) in [5, 5.41) is 4.06. The standard InChI is InChI=1S/C14H17ClN2O2S/c15-13-6-5-12(20-13)10-9-11(19-16-10)14(18)17-7-3-1-2-4-8-17/h5-6,11H,1-4,7-9H2/t11-/m0/s1. The molecule has 20 heavy (non-hydrogen) atoms. The van der Waals surface area contributed by atoms with Crippen LogP contribution in [0.1, 0.15) is 37.0 Å². The Bertz CT molecular complexity index is 521. The van der Waals surface area contributed by atoms with Gasteiger partial charge < -0.3 is 9.74 Å². The van der Waals surface area contributed by atoms with E-state index in [1.807, 2.05) is 17.0 Å². The van der Waals surface area contributed by atoms with E-state index < -0.39 is 6.10 Å². The van der Waals surface area contributed by atoms with Crippen LogP contribution >= 0.6 is 22.9 Å². The summed E-state index contributed by atoms with van der Waals surface area (Å²) in [7, 11) is 0. The lowest BCUT2D eigenvalue weighted by atomic mass is 10.1. The maximum absolute atomic E-state index is 12.4. The summed E-state index contributed by atoms with van der Waals surface area (Å²) in [6.45, 7) is 1.69. The molecule has 1 saturated heterocycles. The Hall–Kier alpha value is -1.07. The van der Waals surface area contributed by atoms with Crippen LogP contribution in [-0.4, -0.2) is 35.7 Å². The fraction of sp³-hybridized carbons (Fsp3) is 0.571. The van der Waals surface area contributed by atoms with E-state index in [0.29, 0.717) is 6.42 Å². The minimum Gasteiger partial charge on any atom is -0.382 e. The highest BCUT2D eigenvalue weighted by molar-refractivity contribution is 7.18. The first kappa shape index (κ1) is 13.9. The maximum atomic E-state index is 12.4. The second-order valence-corrected chi connectivity index (χ2v) is 6.89. The molecule has 2 aliphatic rings. The normalized spacial score (nSPS) is 23.1. The molecule has 1 aromatic heterocycles. The van der Waals surface area contributed by atoms with E-state index in [2.05, 4.69) is 5.16 Å². The van der Waals surface area contributed by atoms with Crippen molar-refractivity contribution < 1.29 is 9.63 Å². The van der Waals surface area contributed by atoms with E-state index in [4.69, 9.17) is 16.4 Å². The smallest absolute Gasteiger partial charge is 0.266 e. The maximum Gasteiger partial charge on any atom is 0.266 e. The second-order valence-electron chi connectivity index (χ2n) is 5.18. The lowest BCUT2D eigenvalue weighted by Crippen LogP contribution is -2.39. The van der Waals surface area contributed by atoms with E-state index in [1.165, 1.54) is 24.2 Å². The van der Waals surface area contributed by atoms with Crippen LogP contribution in [0.25, 0.3) is 0 Å². The minimum absolute atomic E-state index is 0.0771. The molecule has 0 bridgehead atoms. The Morgan fingerprint density at radius 2 is 2.05 bits per heavy atom. The highest BCUT2D eigenvalue weighted by atomic mass is 35.5. The molecule has 6 heteroatoms. The zero-order chi connectivity index (χ0) is 13.9. The van der Waals surface area contributed by atoms with Gasteiger partial charge in [0, 0.05) is 19.5 Å². The molecule has 0 aromatic carbocycles. The van der Waals surface area contributed by atoms with Gasteiger partial charge in [-0.1, -0.05) is 29.6 Å². The van der Waals surface area contributed by atoms with Crippen LogP contribution in [0.3, 0.4) is 0 Å². The summed E-state index contributed by atoms with van der Waals surface area (Å²) in [4.78, 5) is 20.7. The van der Waals surface area contributed by atoms with Gasteiger partial charge in [0.25, 0.3) is 5.91 Å². The van der Waals surface area contributed by atoms with Crippen LogP contribution in [0.15, 0.2) is 17.3 Å². The van der Waals surface area contributed by atoms with Crippen LogP contribution in [0.5, 0.6) is 0 Å². The Kier molecular flexibility index (Phi) is 4.27. The van der Waals surface area contributed by atoms with E-state index in [1.54, 1.807) is 0 Å². The number of thiophene rings is 1. The molecule has 4 nitrogen and oxygen atoms in total. The molecule has 0 radical (unpaired) electrons. The van der Waals surface area contributed by atoms with Crippen LogP contribution in [-0.2, 0) is 9.63 Å². The van der Waals surface area contributed by atoms with E-state index in [0.717, 1.165) is 40.9 Å². The first-order chi connectivity index (χ1) is 9.74. The minimum atomic E-state index is -0.455. The lowest BCUT2D eigenvalue weighted by molar-refractivity contribution is -0.142. The quantitative estimate of drug-likeness (QED) is 0.841. The van der Waals surface area contributed by atoms with Gasteiger partial charge in [-0.25, -0.2) is 0 Å². The average Bonchev–Trinajstić information content (AvgIpc) is 3.00. The molecule has 0 spiro atoms. The van der Waals surface area contributed by atoms with Crippen molar-refractivity contribution >= 4 is 34.6 Å². The largest absolute Gasteiger partial charge is 0.382 e. The van der Waals surface area contributed by atoms with Crippen molar-refractivity contribution in [2.75, 3.05) is 13.1 Å².